The Balaban J connectivity index is 0.000000640. The number of hydrogen-bond acceptors (Lipinski definition) is 4. The van der Waals surface area contributed by atoms with Crippen LogP contribution in [0.25, 0.3) is 0 Å². The highest BCUT2D eigenvalue weighted by molar-refractivity contribution is 5.85. The predicted molar refractivity (Wildman–Crippen MR) is 144 cm³/mol. The van der Waals surface area contributed by atoms with E-state index in [4.69, 9.17) is 4.74 Å². The van der Waals surface area contributed by atoms with Gasteiger partial charge in [-0.05, 0) is 44.8 Å². The van der Waals surface area contributed by atoms with Crippen LogP contribution in [0, 0.1) is 0 Å². The molecule has 2 unspecified atom stereocenters. The van der Waals surface area contributed by atoms with Crippen molar-refractivity contribution in [2.45, 2.75) is 25.2 Å². The smallest absolute Gasteiger partial charge is 0.108 e. The second kappa shape index (κ2) is 17.5. The molecule has 3 rings (SSSR count). The normalized spacial score (nSPS) is 12.1. The number of ether oxygens (including phenoxy) is 1. The van der Waals surface area contributed by atoms with Gasteiger partial charge in [0.15, 0.2) is 0 Å². The zero-order chi connectivity index (χ0) is 22.5. The fourth-order valence-corrected chi connectivity index (χ4v) is 3.09. The topological polar surface area (TPSA) is 44.7 Å². The molecule has 0 fully saturated rings. The Morgan fingerprint density at radius 3 is 1.52 bits per heavy atom. The third kappa shape index (κ3) is 11.2. The maximum Gasteiger partial charge on any atom is 0.108 e. The van der Waals surface area contributed by atoms with Crippen LogP contribution < -0.4 is 5.32 Å². The average Bonchev–Trinajstić information content (AvgIpc) is 2.83. The molecule has 182 valence electrons. The Bertz CT molecular complexity index is 797. The lowest BCUT2D eigenvalue weighted by Gasteiger charge is -2.20. The van der Waals surface area contributed by atoms with Crippen LogP contribution in [-0.2, 0) is 4.74 Å². The van der Waals surface area contributed by atoms with E-state index in [2.05, 4.69) is 72.8 Å². The van der Waals surface area contributed by atoms with Crippen molar-refractivity contribution in [3.63, 3.8) is 0 Å². The van der Waals surface area contributed by atoms with Crippen LogP contribution in [0.1, 0.15) is 35.8 Å². The zero-order valence-corrected chi connectivity index (χ0v) is 21.6. The van der Waals surface area contributed by atoms with E-state index in [0.717, 1.165) is 18.7 Å². The van der Waals surface area contributed by atoms with Crippen molar-refractivity contribution in [3.05, 3.63) is 108 Å². The summed E-state index contributed by atoms with van der Waals surface area (Å²) in [4.78, 5) is 2.13. The molecule has 0 heterocycles. The molecule has 33 heavy (non-hydrogen) atoms. The van der Waals surface area contributed by atoms with E-state index in [1.54, 1.807) is 0 Å². The molecule has 3 aromatic rings. The molecule has 3 aromatic carbocycles. The maximum atomic E-state index is 9.73. The first-order chi connectivity index (χ1) is 15.0. The number of aliphatic hydroxyl groups is 1. The molecule has 0 radical (unpaired) electrons. The lowest BCUT2D eigenvalue weighted by molar-refractivity contribution is 0.0687. The van der Waals surface area contributed by atoms with Crippen molar-refractivity contribution in [1.82, 2.24) is 10.2 Å². The molecule has 2 N–H and O–H groups in total. The van der Waals surface area contributed by atoms with Gasteiger partial charge in [0.1, 0.15) is 6.10 Å². The fourth-order valence-electron chi connectivity index (χ4n) is 3.09. The van der Waals surface area contributed by atoms with E-state index in [0.29, 0.717) is 0 Å². The average molecular weight is 494 g/mol. The SMILES string of the molecule is CN(C)CCOC(c1ccccc1)c1ccccc1.CNC(C)C(O)c1ccccc1.Cl.Cl. The maximum absolute atomic E-state index is 9.73. The van der Waals surface area contributed by atoms with Crippen LogP contribution in [0.2, 0.25) is 0 Å². The molecule has 0 saturated carbocycles. The van der Waals surface area contributed by atoms with Crippen LogP contribution in [0.3, 0.4) is 0 Å². The Kier molecular flexibility index (Phi) is 16.5. The highest BCUT2D eigenvalue weighted by Crippen LogP contribution is 2.25. The summed E-state index contributed by atoms with van der Waals surface area (Å²) in [5.41, 5.74) is 3.36. The quantitative estimate of drug-likeness (QED) is 0.412. The number of rotatable bonds is 9. The lowest BCUT2D eigenvalue weighted by atomic mass is 10.0. The number of nitrogens with one attached hydrogen (secondary N) is 1. The molecule has 2 atom stereocenters. The third-order valence-electron chi connectivity index (χ3n) is 5.10. The molecule has 6 heteroatoms. The van der Waals surface area contributed by atoms with Crippen LogP contribution in [0.15, 0.2) is 91.0 Å². The Labute approximate surface area is 211 Å². The monoisotopic (exact) mass is 492 g/mol. The second-order valence-corrected chi connectivity index (χ2v) is 7.81. The zero-order valence-electron chi connectivity index (χ0n) is 19.9. The first-order valence-electron chi connectivity index (χ1n) is 10.8. The van der Waals surface area contributed by atoms with Gasteiger partial charge >= 0.3 is 0 Å². The summed E-state index contributed by atoms with van der Waals surface area (Å²) < 4.78 is 6.08. The van der Waals surface area contributed by atoms with Crippen molar-refractivity contribution in [3.8, 4) is 0 Å². The summed E-state index contributed by atoms with van der Waals surface area (Å²) in [5, 5.41) is 12.7. The van der Waals surface area contributed by atoms with Crippen molar-refractivity contribution < 1.29 is 9.84 Å². The van der Waals surface area contributed by atoms with Gasteiger partial charge in [-0.25, -0.2) is 0 Å². The van der Waals surface area contributed by atoms with Crippen molar-refractivity contribution in [2.24, 2.45) is 0 Å². The van der Waals surface area contributed by atoms with Crippen molar-refractivity contribution in [1.29, 1.82) is 0 Å². The fraction of sp³-hybridized carbons (Fsp3) is 0.333. The molecule has 0 aliphatic heterocycles. The highest BCUT2D eigenvalue weighted by Gasteiger charge is 2.14. The predicted octanol–water partition coefficient (Wildman–Crippen LogP) is 5.53. The van der Waals surface area contributed by atoms with E-state index < -0.39 is 6.10 Å². The molecular formula is C27H38Cl2N2O2. The molecular weight excluding hydrogens is 455 g/mol. The minimum Gasteiger partial charge on any atom is -0.387 e. The first kappa shape index (κ1) is 31.1. The number of aliphatic hydroxyl groups excluding tert-OH is 1. The second-order valence-electron chi connectivity index (χ2n) is 7.81. The Morgan fingerprint density at radius 2 is 1.15 bits per heavy atom. The van der Waals surface area contributed by atoms with E-state index in [9.17, 15) is 5.11 Å². The van der Waals surface area contributed by atoms with Crippen LogP contribution in [-0.4, -0.2) is 50.3 Å². The van der Waals surface area contributed by atoms with Crippen LogP contribution >= 0.6 is 24.8 Å². The van der Waals surface area contributed by atoms with Gasteiger partial charge in [0, 0.05) is 12.6 Å². The van der Waals surface area contributed by atoms with Crippen LogP contribution in [0.4, 0.5) is 0 Å². The molecule has 0 aliphatic rings. The van der Waals surface area contributed by atoms with Gasteiger partial charge in [-0.1, -0.05) is 91.0 Å². The lowest BCUT2D eigenvalue weighted by Crippen LogP contribution is -2.28. The van der Waals surface area contributed by atoms with E-state index >= 15 is 0 Å². The minimum absolute atomic E-state index is 0. The molecule has 0 aromatic heterocycles. The van der Waals surface area contributed by atoms with Gasteiger partial charge in [-0.15, -0.1) is 24.8 Å². The molecule has 0 bridgehead atoms. The summed E-state index contributed by atoms with van der Waals surface area (Å²) in [5.74, 6) is 0. The Morgan fingerprint density at radius 1 is 0.758 bits per heavy atom. The molecule has 4 nitrogen and oxygen atoms in total. The van der Waals surface area contributed by atoms with E-state index in [-0.39, 0.29) is 37.0 Å². The first-order valence-corrected chi connectivity index (χ1v) is 10.8. The van der Waals surface area contributed by atoms with Crippen molar-refractivity contribution >= 4 is 24.8 Å². The van der Waals surface area contributed by atoms with Gasteiger partial charge < -0.3 is 20.1 Å². The van der Waals surface area contributed by atoms with Gasteiger partial charge in [-0.3, -0.25) is 0 Å². The molecule has 0 spiro atoms. The summed E-state index contributed by atoms with van der Waals surface area (Å²) in [7, 11) is 5.96. The number of benzene rings is 3. The summed E-state index contributed by atoms with van der Waals surface area (Å²) in [6, 6.07) is 30.5. The van der Waals surface area contributed by atoms with Gasteiger partial charge in [0.2, 0.25) is 0 Å². The van der Waals surface area contributed by atoms with Gasteiger partial charge in [-0.2, -0.15) is 0 Å². The highest BCUT2D eigenvalue weighted by atomic mass is 35.5. The number of nitrogens with zero attached hydrogens (tertiary/aromatic N) is 1. The standard InChI is InChI=1S/C17H21NO.C10H15NO.2ClH/c1-18(2)13-14-19-17(15-9-5-3-6-10-15)16-11-7-4-8-12-16;1-8(11-2)10(12)9-6-4-3-5-7-9;;/h3-12,17H,13-14H2,1-2H3;3-8,10-12H,1-2H3;2*1H. The summed E-state index contributed by atoms with van der Waals surface area (Å²) in [6.07, 6.45) is -0.404. The molecule has 0 saturated heterocycles. The molecule has 0 aliphatic carbocycles. The minimum atomic E-state index is -0.420. The van der Waals surface area contributed by atoms with Gasteiger partial charge in [0.25, 0.3) is 0 Å². The molecule has 0 amide bonds. The van der Waals surface area contributed by atoms with Crippen LogP contribution in [0.5, 0.6) is 0 Å². The number of halogens is 2. The number of likely N-dealkylation sites (N-methyl/N-ethyl adjacent to an activating group) is 2. The largest absolute Gasteiger partial charge is 0.387 e. The Hall–Kier alpha value is -1.92. The van der Waals surface area contributed by atoms with E-state index in [1.165, 1.54) is 11.1 Å². The van der Waals surface area contributed by atoms with Gasteiger partial charge in [0.05, 0.1) is 12.7 Å². The van der Waals surface area contributed by atoms with Crippen molar-refractivity contribution in [2.75, 3.05) is 34.3 Å². The summed E-state index contributed by atoms with van der Waals surface area (Å²) in [6.45, 7) is 3.61. The number of hydrogen-bond donors (Lipinski definition) is 2. The van der Waals surface area contributed by atoms with E-state index in [1.807, 2.05) is 56.4 Å². The third-order valence-corrected chi connectivity index (χ3v) is 5.10. The summed E-state index contributed by atoms with van der Waals surface area (Å²) >= 11 is 0.